The van der Waals surface area contributed by atoms with Crippen LogP contribution in [0.3, 0.4) is 0 Å². The lowest BCUT2D eigenvalue weighted by atomic mass is 9.97. The number of fused-ring (bicyclic) bond motifs is 1. The number of benzene rings is 3. The van der Waals surface area contributed by atoms with Crippen molar-refractivity contribution in [3.8, 4) is 22.7 Å². The van der Waals surface area contributed by atoms with Crippen molar-refractivity contribution in [2.45, 2.75) is 12.2 Å². The molecule has 1 aliphatic heterocycles. The largest absolute Gasteiger partial charge is 0.497 e. The number of anilines is 1. The molecule has 0 saturated heterocycles. The zero-order valence-electron chi connectivity index (χ0n) is 22.8. The predicted molar refractivity (Wildman–Crippen MR) is 158 cm³/mol. The first-order valence-electron chi connectivity index (χ1n) is 13.1. The van der Waals surface area contributed by atoms with Gasteiger partial charge in [0.05, 0.1) is 36.1 Å². The van der Waals surface area contributed by atoms with E-state index in [-0.39, 0.29) is 29.4 Å². The summed E-state index contributed by atoms with van der Waals surface area (Å²) < 4.78 is 12.2. The van der Waals surface area contributed by atoms with Crippen molar-refractivity contribution in [3.05, 3.63) is 95.6 Å². The van der Waals surface area contributed by atoms with Crippen molar-refractivity contribution in [3.63, 3.8) is 0 Å². The Morgan fingerprint density at radius 3 is 2.45 bits per heavy atom. The van der Waals surface area contributed by atoms with Crippen LogP contribution in [-0.4, -0.2) is 61.3 Å². The molecule has 0 aliphatic carbocycles. The highest BCUT2D eigenvalue weighted by Gasteiger charge is 2.38. The smallest absolute Gasteiger partial charge is 0.240 e. The number of aromatic nitrogens is 2. The minimum Gasteiger partial charge on any atom is -0.497 e. The van der Waals surface area contributed by atoms with Gasteiger partial charge in [-0.25, -0.2) is 4.68 Å². The highest BCUT2D eigenvalue weighted by atomic mass is 32.2. The second kappa shape index (κ2) is 12.4. The molecule has 0 spiro atoms. The summed E-state index contributed by atoms with van der Waals surface area (Å²) in [6, 6.07) is 25.7. The van der Waals surface area contributed by atoms with Crippen LogP contribution in [0, 0.1) is 6.92 Å². The summed E-state index contributed by atoms with van der Waals surface area (Å²) in [5.74, 6) is 1.10. The Morgan fingerprint density at radius 2 is 1.75 bits per heavy atom. The molecular weight excluding hydrogens is 524 g/mol. The van der Waals surface area contributed by atoms with Crippen LogP contribution in [0.1, 0.15) is 21.9 Å². The minimum absolute atomic E-state index is 0.132. The molecule has 9 heteroatoms. The molecule has 0 radical (unpaired) electrons. The van der Waals surface area contributed by atoms with Crippen LogP contribution in [0.25, 0.3) is 16.9 Å². The molecule has 1 aromatic heterocycles. The van der Waals surface area contributed by atoms with Gasteiger partial charge >= 0.3 is 0 Å². The molecule has 0 fully saturated rings. The number of rotatable bonds is 9. The third-order valence-electron chi connectivity index (χ3n) is 6.85. The first kappa shape index (κ1) is 27.5. The van der Waals surface area contributed by atoms with Gasteiger partial charge in [-0.1, -0.05) is 54.6 Å². The third kappa shape index (κ3) is 5.61. The maximum absolute atomic E-state index is 13.8. The summed E-state index contributed by atoms with van der Waals surface area (Å²) in [5.41, 5.74) is 5.60. The van der Waals surface area contributed by atoms with E-state index in [1.54, 1.807) is 35.6 Å². The topological polar surface area (TPSA) is 85.7 Å². The highest BCUT2D eigenvalue weighted by molar-refractivity contribution is 8.00. The van der Waals surface area contributed by atoms with Gasteiger partial charge in [0, 0.05) is 24.8 Å². The zero-order valence-corrected chi connectivity index (χ0v) is 23.6. The van der Waals surface area contributed by atoms with E-state index >= 15 is 0 Å². The Balaban J connectivity index is 1.75. The fourth-order valence-electron chi connectivity index (χ4n) is 4.85. The van der Waals surface area contributed by atoms with Gasteiger partial charge in [-0.05, 0) is 42.3 Å². The van der Waals surface area contributed by atoms with E-state index in [1.807, 2.05) is 66.7 Å². The number of hydrogen-bond acceptors (Lipinski definition) is 6. The van der Waals surface area contributed by atoms with Gasteiger partial charge in [0.2, 0.25) is 11.8 Å². The summed E-state index contributed by atoms with van der Waals surface area (Å²) >= 11 is 1.56. The minimum atomic E-state index is -0.264. The maximum atomic E-state index is 13.8. The van der Waals surface area contributed by atoms with Gasteiger partial charge in [0.1, 0.15) is 18.1 Å². The lowest BCUT2D eigenvalue weighted by Gasteiger charge is -2.23. The Hall–Kier alpha value is -4.08. The van der Waals surface area contributed by atoms with Crippen LogP contribution in [0.4, 0.5) is 5.82 Å². The number of methoxy groups -OCH3 is 2. The molecule has 3 aromatic carbocycles. The predicted octanol–water partition coefficient (Wildman–Crippen LogP) is 4.79. The lowest BCUT2D eigenvalue weighted by molar-refractivity contribution is -0.123. The molecule has 2 amide bonds. The van der Waals surface area contributed by atoms with E-state index in [0.717, 1.165) is 33.6 Å². The van der Waals surface area contributed by atoms with Crippen molar-refractivity contribution in [1.29, 1.82) is 0 Å². The Labute approximate surface area is 238 Å². The first-order valence-corrected chi connectivity index (χ1v) is 14.1. The maximum Gasteiger partial charge on any atom is 0.240 e. The molecule has 0 bridgehead atoms. The number of nitrogens with one attached hydrogen (secondary N) is 1. The highest BCUT2D eigenvalue weighted by Crippen LogP contribution is 2.49. The Bertz CT molecular complexity index is 1490. The first-order chi connectivity index (χ1) is 19.5. The van der Waals surface area contributed by atoms with E-state index in [9.17, 15) is 9.59 Å². The number of aryl methyl sites for hydroxylation is 1. The average Bonchev–Trinajstić information content (AvgIpc) is 3.31. The SMILES string of the molecule is COCCNC(=O)CN1C(=O)CSC(c2ccccc2C)c2c(-c3ccccc3)nn(-c3ccc(OC)cc3)c21. The second-order valence-corrected chi connectivity index (χ2v) is 10.5. The molecule has 0 saturated carbocycles. The van der Waals surface area contributed by atoms with Gasteiger partial charge in [0.15, 0.2) is 0 Å². The zero-order chi connectivity index (χ0) is 28.1. The van der Waals surface area contributed by atoms with Gasteiger partial charge < -0.3 is 14.8 Å². The number of ether oxygens (including phenoxy) is 2. The van der Waals surface area contributed by atoms with Crippen molar-refractivity contribution in [1.82, 2.24) is 15.1 Å². The monoisotopic (exact) mass is 556 g/mol. The van der Waals surface area contributed by atoms with E-state index in [0.29, 0.717) is 24.7 Å². The molecule has 1 atom stereocenters. The fourth-order valence-corrected chi connectivity index (χ4v) is 6.14. The molecule has 1 N–H and O–H groups in total. The lowest BCUT2D eigenvalue weighted by Crippen LogP contribution is -2.43. The molecule has 1 unspecified atom stereocenters. The number of amides is 2. The molecule has 1 aliphatic rings. The fraction of sp³-hybridized carbons (Fsp3) is 0.258. The van der Waals surface area contributed by atoms with E-state index in [2.05, 4.69) is 24.4 Å². The van der Waals surface area contributed by atoms with Gasteiger partial charge in [-0.2, -0.15) is 5.10 Å². The molecule has 206 valence electrons. The molecule has 4 aromatic rings. The van der Waals surface area contributed by atoms with Crippen LogP contribution in [0.5, 0.6) is 5.75 Å². The van der Waals surface area contributed by atoms with Crippen molar-refractivity contribution < 1.29 is 19.1 Å². The van der Waals surface area contributed by atoms with Crippen molar-refractivity contribution in [2.75, 3.05) is 44.6 Å². The number of hydrogen-bond donors (Lipinski definition) is 1. The molecule has 5 rings (SSSR count). The summed E-state index contributed by atoms with van der Waals surface area (Å²) in [4.78, 5) is 28.4. The summed E-state index contributed by atoms with van der Waals surface area (Å²) in [7, 11) is 3.20. The van der Waals surface area contributed by atoms with Gasteiger partial charge in [-0.15, -0.1) is 11.8 Å². The Morgan fingerprint density at radius 1 is 1.02 bits per heavy atom. The second-order valence-electron chi connectivity index (χ2n) is 9.43. The van der Waals surface area contributed by atoms with Crippen molar-refractivity contribution >= 4 is 29.4 Å². The molecule has 40 heavy (non-hydrogen) atoms. The summed E-state index contributed by atoms with van der Waals surface area (Å²) in [5, 5.41) is 7.80. The third-order valence-corrected chi connectivity index (χ3v) is 8.09. The van der Waals surface area contributed by atoms with E-state index in [4.69, 9.17) is 14.6 Å². The quantitative estimate of drug-likeness (QED) is 0.299. The van der Waals surface area contributed by atoms with Crippen LogP contribution < -0.4 is 15.0 Å². The number of nitrogens with zero attached hydrogens (tertiary/aromatic N) is 3. The normalized spacial score (nSPS) is 14.9. The summed E-state index contributed by atoms with van der Waals surface area (Å²) in [6.45, 7) is 2.70. The number of carbonyl (C=O) groups excluding carboxylic acids is 2. The summed E-state index contributed by atoms with van der Waals surface area (Å²) in [6.07, 6.45) is 0. The van der Waals surface area contributed by atoms with E-state index in [1.165, 1.54) is 0 Å². The average molecular weight is 557 g/mol. The number of thioether (sulfide) groups is 1. The standard InChI is InChI=1S/C31H32N4O4S/c1-21-9-7-8-12-25(21)30-28-29(22-10-5-4-6-11-22)33-35(23-13-15-24(39-3)16-14-23)31(28)34(27(37)20-40-30)19-26(36)32-17-18-38-2/h4-16,30H,17-20H2,1-3H3,(H,32,36). The molecule has 2 heterocycles. The van der Waals surface area contributed by atoms with Crippen LogP contribution in [0.2, 0.25) is 0 Å². The van der Waals surface area contributed by atoms with Crippen LogP contribution >= 0.6 is 11.8 Å². The van der Waals surface area contributed by atoms with Crippen molar-refractivity contribution in [2.24, 2.45) is 0 Å². The molecule has 8 nitrogen and oxygen atoms in total. The van der Waals surface area contributed by atoms with Crippen LogP contribution in [0.15, 0.2) is 78.9 Å². The van der Waals surface area contributed by atoms with Gasteiger partial charge in [-0.3, -0.25) is 14.5 Å². The Kier molecular flexibility index (Phi) is 8.52. The number of carbonyl (C=O) groups is 2. The van der Waals surface area contributed by atoms with Crippen LogP contribution in [-0.2, 0) is 14.3 Å². The van der Waals surface area contributed by atoms with E-state index < -0.39 is 0 Å². The van der Waals surface area contributed by atoms with Gasteiger partial charge in [0.25, 0.3) is 0 Å². The molecular formula is C31H32N4O4S.